The van der Waals surface area contributed by atoms with Crippen molar-refractivity contribution in [2.24, 2.45) is 11.1 Å². The van der Waals surface area contributed by atoms with E-state index in [0.29, 0.717) is 13.1 Å². The van der Waals surface area contributed by atoms with Crippen LogP contribution in [-0.4, -0.2) is 37.0 Å². The molecule has 0 atom stereocenters. The van der Waals surface area contributed by atoms with Crippen molar-refractivity contribution in [1.29, 1.82) is 0 Å². The topological polar surface area (TPSA) is 58.4 Å². The zero-order chi connectivity index (χ0) is 15.2. The number of nitrogens with zero attached hydrogens (tertiary/aromatic N) is 1. The summed E-state index contributed by atoms with van der Waals surface area (Å²) in [5.74, 6) is -0.00780. The number of hydrogen-bond donors (Lipinski definition) is 2. The molecule has 112 valence electrons. The number of para-hydroxylation sites is 1. The Bertz CT molecular complexity index is 448. The molecule has 1 rings (SSSR count). The fraction of sp³-hybridized carbons (Fsp3) is 0.533. The van der Waals surface area contributed by atoms with Crippen LogP contribution in [0.25, 0.3) is 0 Å². The quantitative estimate of drug-likeness (QED) is 0.801. The number of nitrogens with one attached hydrogen (secondary N) is 1. The molecule has 4 nitrogen and oxygen atoms in total. The average molecular weight is 342 g/mol. The number of nitrogens with two attached hydrogens (primary N) is 1. The number of rotatable bonds is 7. The number of benzene rings is 1. The van der Waals surface area contributed by atoms with Crippen molar-refractivity contribution in [3.05, 3.63) is 28.7 Å². The summed E-state index contributed by atoms with van der Waals surface area (Å²) in [5, 5.41) is 2.92. The summed E-state index contributed by atoms with van der Waals surface area (Å²) in [4.78, 5) is 14.2. The summed E-state index contributed by atoms with van der Waals surface area (Å²) in [7, 11) is 0. The Morgan fingerprint density at radius 1 is 1.40 bits per heavy atom. The monoisotopic (exact) mass is 341 g/mol. The van der Waals surface area contributed by atoms with Gasteiger partial charge < -0.3 is 11.1 Å². The highest BCUT2D eigenvalue weighted by molar-refractivity contribution is 9.10. The first kappa shape index (κ1) is 17.1. The van der Waals surface area contributed by atoms with E-state index in [2.05, 4.69) is 46.9 Å². The average Bonchev–Trinajstić information content (AvgIpc) is 2.40. The van der Waals surface area contributed by atoms with Gasteiger partial charge in [-0.25, -0.2) is 0 Å². The first-order valence-corrected chi connectivity index (χ1v) is 7.64. The predicted octanol–water partition coefficient (Wildman–Crippen LogP) is 2.69. The number of anilines is 1. The van der Waals surface area contributed by atoms with Gasteiger partial charge in [-0.2, -0.15) is 0 Å². The Balaban J connectivity index is 2.58. The summed E-state index contributed by atoms with van der Waals surface area (Å²) in [5.41, 5.74) is 6.57. The highest BCUT2D eigenvalue weighted by Gasteiger charge is 2.21. The van der Waals surface area contributed by atoms with Gasteiger partial charge in [0.2, 0.25) is 5.91 Å². The van der Waals surface area contributed by atoms with Crippen LogP contribution < -0.4 is 11.1 Å². The van der Waals surface area contributed by atoms with E-state index in [1.54, 1.807) is 0 Å². The Morgan fingerprint density at radius 3 is 2.60 bits per heavy atom. The van der Waals surface area contributed by atoms with Crippen LogP contribution in [0.4, 0.5) is 5.69 Å². The third-order valence-corrected chi connectivity index (χ3v) is 3.86. The third kappa shape index (κ3) is 5.61. The van der Waals surface area contributed by atoms with Crippen LogP contribution in [0.1, 0.15) is 20.8 Å². The lowest BCUT2D eigenvalue weighted by Crippen LogP contribution is -2.42. The van der Waals surface area contributed by atoms with Crippen molar-refractivity contribution in [3.63, 3.8) is 0 Å². The maximum atomic E-state index is 12.1. The number of carbonyl (C=O) groups is 1. The van der Waals surface area contributed by atoms with Crippen LogP contribution in [0, 0.1) is 5.41 Å². The van der Waals surface area contributed by atoms with E-state index in [1.165, 1.54) is 0 Å². The molecule has 3 N–H and O–H groups in total. The second-order valence-corrected chi connectivity index (χ2v) is 6.55. The summed E-state index contributed by atoms with van der Waals surface area (Å²) in [6.07, 6.45) is 0. The molecule has 0 fully saturated rings. The minimum absolute atomic E-state index is 0.00780. The van der Waals surface area contributed by atoms with Crippen LogP contribution in [-0.2, 0) is 4.79 Å². The Labute approximate surface area is 129 Å². The Kier molecular flexibility index (Phi) is 6.65. The van der Waals surface area contributed by atoms with E-state index in [4.69, 9.17) is 5.73 Å². The van der Waals surface area contributed by atoms with Crippen molar-refractivity contribution in [2.45, 2.75) is 20.8 Å². The van der Waals surface area contributed by atoms with Crippen molar-refractivity contribution in [1.82, 2.24) is 4.90 Å². The number of halogens is 1. The lowest BCUT2D eigenvalue weighted by atomic mass is 9.93. The van der Waals surface area contributed by atoms with E-state index >= 15 is 0 Å². The molecule has 0 aliphatic carbocycles. The molecule has 20 heavy (non-hydrogen) atoms. The summed E-state index contributed by atoms with van der Waals surface area (Å²) in [6, 6.07) is 7.60. The molecule has 0 aromatic heterocycles. The molecule has 0 saturated carbocycles. The summed E-state index contributed by atoms with van der Waals surface area (Å²) in [6.45, 7) is 8.90. The molecule has 1 aromatic rings. The molecule has 1 aromatic carbocycles. The lowest BCUT2D eigenvalue weighted by Gasteiger charge is -2.30. The van der Waals surface area contributed by atoms with Crippen molar-refractivity contribution in [2.75, 3.05) is 31.5 Å². The molecule has 0 spiro atoms. The first-order valence-electron chi connectivity index (χ1n) is 6.85. The van der Waals surface area contributed by atoms with Crippen molar-refractivity contribution >= 4 is 27.5 Å². The SMILES string of the molecule is CCN(CC(=O)Nc1ccccc1Br)CC(C)(C)CN. The summed E-state index contributed by atoms with van der Waals surface area (Å²) >= 11 is 3.42. The molecule has 0 aliphatic rings. The van der Waals surface area contributed by atoms with E-state index in [0.717, 1.165) is 23.2 Å². The normalized spacial score (nSPS) is 11.7. The van der Waals surface area contributed by atoms with Gasteiger partial charge in [-0.05, 0) is 46.6 Å². The van der Waals surface area contributed by atoms with Gasteiger partial charge >= 0.3 is 0 Å². The van der Waals surface area contributed by atoms with E-state index in [9.17, 15) is 4.79 Å². The second-order valence-electron chi connectivity index (χ2n) is 5.70. The van der Waals surface area contributed by atoms with E-state index in [1.807, 2.05) is 24.3 Å². The van der Waals surface area contributed by atoms with Gasteiger partial charge in [-0.1, -0.05) is 32.9 Å². The van der Waals surface area contributed by atoms with Crippen LogP contribution in [0.5, 0.6) is 0 Å². The van der Waals surface area contributed by atoms with E-state index < -0.39 is 0 Å². The second kappa shape index (κ2) is 7.76. The minimum Gasteiger partial charge on any atom is -0.330 e. The fourth-order valence-electron chi connectivity index (χ4n) is 1.90. The number of carbonyl (C=O) groups excluding carboxylic acids is 1. The smallest absolute Gasteiger partial charge is 0.238 e. The predicted molar refractivity (Wildman–Crippen MR) is 87.7 cm³/mol. The Hall–Kier alpha value is -0.910. The largest absolute Gasteiger partial charge is 0.330 e. The molecule has 0 saturated heterocycles. The highest BCUT2D eigenvalue weighted by atomic mass is 79.9. The molecule has 0 aliphatic heterocycles. The third-order valence-electron chi connectivity index (χ3n) is 3.17. The van der Waals surface area contributed by atoms with Crippen LogP contribution >= 0.6 is 15.9 Å². The minimum atomic E-state index is -0.00780. The molecule has 1 amide bonds. The molecule has 0 bridgehead atoms. The molecule has 0 heterocycles. The molecule has 0 unspecified atom stereocenters. The fourth-order valence-corrected chi connectivity index (χ4v) is 2.29. The van der Waals surface area contributed by atoms with Crippen LogP contribution in [0.15, 0.2) is 28.7 Å². The maximum Gasteiger partial charge on any atom is 0.238 e. The Morgan fingerprint density at radius 2 is 2.05 bits per heavy atom. The van der Waals surface area contributed by atoms with Gasteiger partial charge in [0.05, 0.1) is 12.2 Å². The van der Waals surface area contributed by atoms with Gasteiger partial charge in [0.15, 0.2) is 0 Å². The molecule has 0 radical (unpaired) electrons. The first-order chi connectivity index (χ1) is 9.38. The molecule has 5 heteroatoms. The zero-order valence-corrected chi connectivity index (χ0v) is 14.0. The van der Waals surface area contributed by atoms with Gasteiger partial charge in [-0.3, -0.25) is 9.69 Å². The highest BCUT2D eigenvalue weighted by Crippen LogP contribution is 2.21. The van der Waals surface area contributed by atoms with Crippen LogP contribution in [0.2, 0.25) is 0 Å². The zero-order valence-electron chi connectivity index (χ0n) is 12.4. The lowest BCUT2D eigenvalue weighted by molar-refractivity contribution is -0.117. The van der Waals surface area contributed by atoms with Gasteiger partial charge in [0.25, 0.3) is 0 Å². The van der Waals surface area contributed by atoms with Gasteiger partial charge in [0.1, 0.15) is 0 Å². The van der Waals surface area contributed by atoms with Gasteiger partial charge in [-0.15, -0.1) is 0 Å². The van der Waals surface area contributed by atoms with Gasteiger partial charge in [0, 0.05) is 11.0 Å². The van der Waals surface area contributed by atoms with Crippen LogP contribution in [0.3, 0.4) is 0 Å². The molecular weight excluding hydrogens is 318 g/mol. The maximum absolute atomic E-state index is 12.1. The van der Waals surface area contributed by atoms with Crippen molar-refractivity contribution in [3.8, 4) is 0 Å². The number of likely N-dealkylation sites (N-methyl/N-ethyl adjacent to an activating group) is 1. The number of hydrogen-bond acceptors (Lipinski definition) is 3. The molecular formula is C15H24BrN3O. The summed E-state index contributed by atoms with van der Waals surface area (Å²) < 4.78 is 0.888. The van der Waals surface area contributed by atoms with E-state index in [-0.39, 0.29) is 11.3 Å². The van der Waals surface area contributed by atoms with Crippen molar-refractivity contribution < 1.29 is 4.79 Å². The number of amides is 1. The standard InChI is InChI=1S/C15H24BrN3O/c1-4-19(11-15(2,3)10-17)9-14(20)18-13-8-6-5-7-12(13)16/h5-8H,4,9-11,17H2,1-3H3,(H,18,20).